The van der Waals surface area contributed by atoms with E-state index in [0.717, 1.165) is 24.9 Å². The predicted molar refractivity (Wildman–Crippen MR) is 109 cm³/mol. The van der Waals surface area contributed by atoms with Crippen LogP contribution in [0.4, 0.5) is 5.69 Å². The number of aliphatic carboxylic acids is 1. The monoisotopic (exact) mass is 390 g/mol. The third kappa shape index (κ3) is 3.50. The summed E-state index contributed by atoms with van der Waals surface area (Å²) in [4.78, 5) is 28.3. The van der Waals surface area contributed by atoms with Crippen LogP contribution >= 0.6 is 24.0 Å². The summed E-state index contributed by atoms with van der Waals surface area (Å²) >= 11 is 6.47. The van der Waals surface area contributed by atoms with Crippen LogP contribution in [0.25, 0.3) is 6.08 Å². The molecule has 7 heteroatoms. The minimum atomic E-state index is -1.03. The third-order valence-corrected chi connectivity index (χ3v) is 6.07. The van der Waals surface area contributed by atoms with Crippen LogP contribution in [0, 0.1) is 5.92 Å². The number of thioether (sulfide) groups is 1. The number of fused-ring (bicyclic) bond motifs is 1. The van der Waals surface area contributed by atoms with E-state index < -0.39 is 12.0 Å². The molecule has 1 atom stereocenters. The number of hydrogen-bond acceptors (Lipinski definition) is 5. The first-order valence-electron chi connectivity index (χ1n) is 8.63. The van der Waals surface area contributed by atoms with E-state index in [4.69, 9.17) is 12.2 Å². The second kappa shape index (κ2) is 7.40. The molecule has 0 aliphatic carbocycles. The maximum atomic E-state index is 12.8. The third-order valence-electron chi connectivity index (χ3n) is 4.74. The molecule has 1 aromatic carbocycles. The van der Waals surface area contributed by atoms with E-state index in [1.54, 1.807) is 13.8 Å². The van der Waals surface area contributed by atoms with Crippen molar-refractivity contribution >= 4 is 51.9 Å². The quantitative estimate of drug-likeness (QED) is 0.628. The van der Waals surface area contributed by atoms with Crippen LogP contribution < -0.4 is 4.90 Å². The SMILES string of the molecule is CC(C)[C@@H](C(=O)O)N1C(=O)/C(=C/c2ccc3c(c2)CCCN3C)SC1=S. The highest BCUT2D eigenvalue weighted by Gasteiger charge is 2.41. The van der Waals surface area contributed by atoms with Gasteiger partial charge in [0, 0.05) is 19.3 Å². The Balaban J connectivity index is 1.90. The van der Waals surface area contributed by atoms with Crippen molar-refractivity contribution in [1.82, 2.24) is 4.90 Å². The van der Waals surface area contributed by atoms with Crippen LogP contribution in [-0.4, -0.2) is 45.8 Å². The molecule has 1 aromatic rings. The van der Waals surface area contributed by atoms with Crippen molar-refractivity contribution in [3.05, 3.63) is 34.2 Å². The van der Waals surface area contributed by atoms with Gasteiger partial charge in [-0.25, -0.2) is 4.79 Å². The molecule has 0 saturated carbocycles. The first-order valence-corrected chi connectivity index (χ1v) is 9.86. The van der Waals surface area contributed by atoms with Crippen molar-refractivity contribution in [3.8, 4) is 0 Å². The molecule has 1 N–H and O–H groups in total. The Morgan fingerprint density at radius 1 is 1.38 bits per heavy atom. The Morgan fingerprint density at radius 2 is 2.12 bits per heavy atom. The van der Waals surface area contributed by atoms with Gasteiger partial charge in [-0.15, -0.1) is 0 Å². The zero-order valence-electron chi connectivity index (χ0n) is 15.1. The molecule has 0 aromatic heterocycles. The first-order chi connectivity index (χ1) is 12.3. The van der Waals surface area contributed by atoms with Crippen LogP contribution in [0.5, 0.6) is 0 Å². The standard InChI is InChI=1S/C19H22N2O3S2/c1-11(2)16(18(23)24)21-17(22)15(26-19(21)25)10-12-6-7-14-13(9-12)5-4-8-20(14)3/h6-7,9-11,16H,4-5,8H2,1-3H3,(H,23,24)/b15-10-/t16-/m0/s1. The predicted octanol–water partition coefficient (Wildman–Crippen LogP) is 3.38. The number of hydrogen-bond donors (Lipinski definition) is 1. The Hall–Kier alpha value is -1.86. The number of carbonyl (C=O) groups excluding carboxylic acids is 1. The van der Waals surface area contributed by atoms with Gasteiger partial charge in [0.1, 0.15) is 10.4 Å². The number of benzene rings is 1. The van der Waals surface area contributed by atoms with E-state index in [-0.39, 0.29) is 11.8 Å². The van der Waals surface area contributed by atoms with Gasteiger partial charge >= 0.3 is 5.97 Å². The van der Waals surface area contributed by atoms with Gasteiger partial charge in [-0.05, 0) is 48.1 Å². The summed E-state index contributed by atoms with van der Waals surface area (Å²) in [5.41, 5.74) is 3.44. The van der Waals surface area contributed by atoms with E-state index >= 15 is 0 Å². The Morgan fingerprint density at radius 3 is 2.77 bits per heavy atom. The number of rotatable bonds is 4. The number of carboxylic acids is 1. The maximum Gasteiger partial charge on any atom is 0.327 e. The first kappa shape index (κ1) is 18.9. The van der Waals surface area contributed by atoms with E-state index in [0.29, 0.717) is 9.23 Å². The highest BCUT2D eigenvalue weighted by molar-refractivity contribution is 8.26. The molecular formula is C19H22N2O3S2. The zero-order valence-corrected chi connectivity index (χ0v) is 16.7. The molecule has 0 spiro atoms. The number of carbonyl (C=O) groups is 2. The second-order valence-electron chi connectivity index (χ2n) is 6.99. The largest absolute Gasteiger partial charge is 0.480 e. The molecule has 0 bridgehead atoms. The van der Waals surface area contributed by atoms with Gasteiger partial charge in [-0.3, -0.25) is 9.69 Å². The molecule has 2 heterocycles. The molecule has 0 radical (unpaired) electrons. The molecule has 2 aliphatic heterocycles. The Kier molecular flexibility index (Phi) is 5.39. The van der Waals surface area contributed by atoms with Gasteiger partial charge < -0.3 is 10.0 Å². The van der Waals surface area contributed by atoms with Gasteiger partial charge in [0.25, 0.3) is 5.91 Å². The smallest absolute Gasteiger partial charge is 0.327 e. The van der Waals surface area contributed by atoms with Gasteiger partial charge in [-0.1, -0.05) is 43.9 Å². The molecule has 1 saturated heterocycles. The summed E-state index contributed by atoms with van der Waals surface area (Å²) in [5.74, 6) is -1.58. The van der Waals surface area contributed by atoms with Crippen molar-refractivity contribution in [2.75, 3.05) is 18.5 Å². The highest BCUT2D eigenvalue weighted by Crippen LogP contribution is 2.36. The maximum absolute atomic E-state index is 12.8. The number of thiocarbonyl (C=S) groups is 1. The van der Waals surface area contributed by atoms with E-state index in [9.17, 15) is 14.7 Å². The summed E-state index contributed by atoms with van der Waals surface area (Å²) < 4.78 is 0.306. The molecule has 5 nitrogen and oxygen atoms in total. The highest BCUT2D eigenvalue weighted by atomic mass is 32.2. The lowest BCUT2D eigenvalue weighted by atomic mass is 9.99. The lowest BCUT2D eigenvalue weighted by molar-refractivity contribution is -0.146. The average Bonchev–Trinajstić information content (AvgIpc) is 2.82. The number of aryl methyl sites for hydroxylation is 1. The van der Waals surface area contributed by atoms with Crippen LogP contribution in [0.3, 0.4) is 0 Å². The molecule has 26 heavy (non-hydrogen) atoms. The van der Waals surface area contributed by atoms with Crippen molar-refractivity contribution in [1.29, 1.82) is 0 Å². The molecule has 3 rings (SSSR count). The molecule has 0 unspecified atom stereocenters. The van der Waals surface area contributed by atoms with E-state index in [1.165, 1.54) is 27.9 Å². The number of nitrogens with zero attached hydrogens (tertiary/aromatic N) is 2. The van der Waals surface area contributed by atoms with Gasteiger partial charge in [0.2, 0.25) is 0 Å². The number of amides is 1. The average molecular weight is 391 g/mol. The lowest BCUT2D eigenvalue weighted by Crippen LogP contribution is -2.47. The Labute approximate surface area is 163 Å². The van der Waals surface area contributed by atoms with Crippen LogP contribution in [0.1, 0.15) is 31.4 Å². The van der Waals surface area contributed by atoms with E-state index in [2.05, 4.69) is 24.1 Å². The summed E-state index contributed by atoms with van der Waals surface area (Å²) in [5, 5.41) is 9.49. The fraction of sp³-hybridized carbons (Fsp3) is 0.421. The van der Waals surface area contributed by atoms with Crippen LogP contribution in [0.2, 0.25) is 0 Å². The summed E-state index contributed by atoms with van der Waals surface area (Å²) in [7, 11) is 2.08. The topological polar surface area (TPSA) is 60.9 Å². The normalized spacial score (nSPS) is 20.1. The second-order valence-corrected chi connectivity index (χ2v) is 8.67. The molecule has 1 amide bonds. The Bertz CT molecular complexity index is 804. The summed E-state index contributed by atoms with van der Waals surface area (Å²) in [6.07, 6.45) is 3.95. The summed E-state index contributed by atoms with van der Waals surface area (Å²) in [6, 6.07) is 5.24. The molecule has 2 aliphatic rings. The van der Waals surface area contributed by atoms with Crippen molar-refractivity contribution < 1.29 is 14.7 Å². The van der Waals surface area contributed by atoms with Crippen LogP contribution in [0.15, 0.2) is 23.1 Å². The minimum Gasteiger partial charge on any atom is -0.480 e. The molecule has 1 fully saturated rings. The summed E-state index contributed by atoms with van der Waals surface area (Å²) in [6.45, 7) is 4.61. The van der Waals surface area contributed by atoms with Crippen LogP contribution in [-0.2, 0) is 16.0 Å². The van der Waals surface area contributed by atoms with Crippen molar-refractivity contribution in [2.24, 2.45) is 5.92 Å². The van der Waals surface area contributed by atoms with Crippen molar-refractivity contribution in [2.45, 2.75) is 32.7 Å². The van der Waals surface area contributed by atoms with Crippen molar-refractivity contribution in [3.63, 3.8) is 0 Å². The van der Waals surface area contributed by atoms with Gasteiger partial charge in [0.15, 0.2) is 0 Å². The molecule has 138 valence electrons. The fourth-order valence-corrected chi connectivity index (χ4v) is 4.79. The number of carboxylic acid groups (broad SMARTS) is 1. The molecular weight excluding hydrogens is 368 g/mol. The van der Waals surface area contributed by atoms with Gasteiger partial charge in [0.05, 0.1) is 4.91 Å². The van der Waals surface area contributed by atoms with E-state index in [1.807, 2.05) is 12.1 Å². The lowest BCUT2D eigenvalue weighted by Gasteiger charge is -2.27. The zero-order chi connectivity index (χ0) is 19.0. The number of anilines is 1. The van der Waals surface area contributed by atoms with Gasteiger partial charge in [-0.2, -0.15) is 0 Å². The minimum absolute atomic E-state index is 0.228. The fourth-order valence-electron chi connectivity index (χ4n) is 3.46.